The Kier molecular flexibility index (Phi) is 5.36. The van der Waals surface area contributed by atoms with E-state index in [1.807, 2.05) is 6.92 Å². The lowest BCUT2D eigenvalue weighted by Crippen LogP contribution is -2.24. The molecule has 21 heavy (non-hydrogen) atoms. The number of carbonyl (C=O) groups is 1. The second kappa shape index (κ2) is 7.04. The zero-order valence-electron chi connectivity index (χ0n) is 10.9. The number of benzene rings is 2. The molecule has 0 aliphatic rings. The van der Waals surface area contributed by atoms with Crippen LogP contribution in [0.5, 0.6) is 0 Å². The maximum atomic E-state index is 11.9. The standard InChI is InChI=1S/C14H11Cl2NO3S/c1-9-2-4-10(5-3-9)14(18)17-20-21(19)11-6-7-12(15)13(16)8-11/h2-8H,1H3,(H,17,18). The van der Waals surface area contributed by atoms with Crippen LogP contribution in [0.25, 0.3) is 0 Å². The first-order chi connectivity index (χ1) is 9.97. The van der Waals surface area contributed by atoms with Crippen LogP contribution < -0.4 is 5.48 Å². The van der Waals surface area contributed by atoms with E-state index in [1.54, 1.807) is 24.3 Å². The molecule has 2 aromatic rings. The van der Waals surface area contributed by atoms with Crippen LogP contribution in [0.2, 0.25) is 10.0 Å². The lowest BCUT2D eigenvalue weighted by atomic mass is 10.1. The van der Waals surface area contributed by atoms with E-state index in [9.17, 15) is 9.00 Å². The summed E-state index contributed by atoms with van der Waals surface area (Å²) in [7, 11) is 0. The molecule has 0 bridgehead atoms. The van der Waals surface area contributed by atoms with Crippen molar-refractivity contribution in [3.05, 3.63) is 63.6 Å². The highest BCUT2D eigenvalue weighted by Crippen LogP contribution is 2.24. The van der Waals surface area contributed by atoms with Gasteiger partial charge in [0.15, 0.2) is 0 Å². The number of halogens is 2. The van der Waals surface area contributed by atoms with Crippen LogP contribution in [0.3, 0.4) is 0 Å². The van der Waals surface area contributed by atoms with E-state index in [-0.39, 0.29) is 5.02 Å². The summed E-state index contributed by atoms with van der Waals surface area (Å²) >= 11 is 9.71. The molecule has 0 fully saturated rings. The Morgan fingerprint density at radius 2 is 1.76 bits per heavy atom. The highest BCUT2D eigenvalue weighted by Gasteiger charge is 2.11. The van der Waals surface area contributed by atoms with Gasteiger partial charge in [-0.05, 0) is 37.3 Å². The molecule has 0 aliphatic heterocycles. The summed E-state index contributed by atoms with van der Waals surface area (Å²) in [6.07, 6.45) is 0. The number of carbonyl (C=O) groups excluding carboxylic acids is 1. The molecule has 2 aromatic carbocycles. The van der Waals surface area contributed by atoms with E-state index < -0.39 is 17.0 Å². The molecular weight excluding hydrogens is 333 g/mol. The van der Waals surface area contributed by atoms with Crippen LogP contribution in [0.1, 0.15) is 15.9 Å². The van der Waals surface area contributed by atoms with E-state index in [2.05, 4.69) is 5.48 Å². The van der Waals surface area contributed by atoms with Gasteiger partial charge in [-0.25, -0.2) is 9.69 Å². The first-order valence-corrected chi connectivity index (χ1v) is 7.71. The van der Waals surface area contributed by atoms with Crippen LogP contribution in [0.4, 0.5) is 0 Å². The summed E-state index contributed by atoms with van der Waals surface area (Å²) in [6, 6.07) is 11.3. The minimum atomic E-state index is -1.88. The first-order valence-electron chi connectivity index (χ1n) is 5.88. The van der Waals surface area contributed by atoms with Gasteiger partial charge in [-0.3, -0.25) is 4.79 Å². The molecule has 0 spiro atoms. The topological polar surface area (TPSA) is 55.4 Å². The second-order valence-electron chi connectivity index (χ2n) is 4.19. The largest absolute Gasteiger partial charge is 0.275 e. The van der Waals surface area contributed by atoms with Gasteiger partial charge >= 0.3 is 0 Å². The number of nitrogens with one attached hydrogen (secondary N) is 1. The van der Waals surface area contributed by atoms with Crippen molar-refractivity contribution in [2.75, 3.05) is 0 Å². The zero-order valence-corrected chi connectivity index (χ0v) is 13.3. The van der Waals surface area contributed by atoms with Gasteiger partial charge in [0.25, 0.3) is 5.91 Å². The van der Waals surface area contributed by atoms with Gasteiger partial charge < -0.3 is 0 Å². The molecule has 110 valence electrons. The lowest BCUT2D eigenvalue weighted by Gasteiger charge is -2.06. The molecule has 0 saturated heterocycles. The summed E-state index contributed by atoms with van der Waals surface area (Å²) in [5.74, 6) is -0.483. The third-order valence-corrected chi connectivity index (χ3v) is 4.22. The average molecular weight is 344 g/mol. The third-order valence-electron chi connectivity index (χ3n) is 2.61. The van der Waals surface area contributed by atoms with Gasteiger partial charge in [-0.15, -0.1) is 0 Å². The van der Waals surface area contributed by atoms with Crippen molar-refractivity contribution < 1.29 is 13.3 Å². The monoisotopic (exact) mass is 343 g/mol. The highest BCUT2D eigenvalue weighted by atomic mass is 35.5. The fourth-order valence-corrected chi connectivity index (χ4v) is 2.47. The molecule has 1 atom stereocenters. The summed E-state index contributed by atoms with van der Waals surface area (Å²) in [6.45, 7) is 1.91. The number of amides is 1. The van der Waals surface area contributed by atoms with Gasteiger partial charge in [0.2, 0.25) is 11.1 Å². The van der Waals surface area contributed by atoms with E-state index in [0.29, 0.717) is 15.5 Å². The average Bonchev–Trinajstić information content (AvgIpc) is 2.48. The molecule has 0 saturated carbocycles. The molecule has 1 unspecified atom stereocenters. The van der Waals surface area contributed by atoms with Crippen molar-refractivity contribution in [2.45, 2.75) is 11.8 Å². The van der Waals surface area contributed by atoms with E-state index in [4.69, 9.17) is 27.5 Å². The van der Waals surface area contributed by atoms with Crippen molar-refractivity contribution in [1.29, 1.82) is 0 Å². The zero-order chi connectivity index (χ0) is 15.4. The Hall–Kier alpha value is -1.40. The number of hydrogen-bond acceptors (Lipinski definition) is 3. The van der Waals surface area contributed by atoms with Crippen LogP contribution in [0.15, 0.2) is 47.4 Å². The molecule has 4 nitrogen and oxygen atoms in total. The summed E-state index contributed by atoms with van der Waals surface area (Å²) in [5, 5.41) is 0.608. The number of aryl methyl sites for hydroxylation is 1. The molecule has 0 aromatic heterocycles. The van der Waals surface area contributed by atoms with Crippen LogP contribution in [-0.2, 0) is 15.4 Å². The minimum absolute atomic E-state index is 0.260. The quantitative estimate of drug-likeness (QED) is 0.861. The fraction of sp³-hybridized carbons (Fsp3) is 0.0714. The van der Waals surface area contributed by atoms with Crippen molar-refractivity contribution in [3.8, 4) is 0 Å². The smallest absolute Gasteiger partial charge is 0.267 e. The number of hydroxylamine groups is 1. The molecule has 7 heteroatoms. The van der Waals surface area contributed by atoms with Gasteiger partial charge in [-0.1, -0.05) is 40.9 Å². The predicted molar refractivity (Wildman–Crippen MR) is 82.6 cm³/mol. The normalized spacial score (nSPS) is 12.0. The third kappa shape index (κ3) is 4.28. The Balaban J connectivity index is 1.98. The van der Waals surface area contributed by atoms with Gasteiger partial charge in [0, 0.05) is 5.56 Å². The van der Waals surface area contributed by atoms with Crippen molar-refractivity contribution in [2.24, 2.45) is 0 Å². The molecule has 0 heterocycles. The van der Waals surface area contributed by atoms with Gasteiger partial charge in [-0.2, -0.15) is 4.28 Å². The SMILES string of the molecule is Cc1ccc(C(=O)NOS(=O)c2ccc(Cl)c(Cl)c2)cc1. The molecular formula is C14H11Cl2NO3S. The molecule has 0 aliphatic carbocycles. The summed E-state index contributed by atoms with van der Waals surface area (Å²) in [4.78, 5) is 12.1. The second-order valence-corrected chi connectivity index (χ2v) is 6.11. The molecule has 1 N–H and O–H groups in total. The molecule has 2 rings (SSSR count). The Morgan fingerprint density at radius 1 is 1.10 bits per heavy atom. The number of rotatable bonds is 4. The maximum Gasteiger partial charge on any atom is 0.275 e. The summed E-state index contributed by atoms with van der Waals surface area (Å²) in [5.41, 5.74) is 3.58. The first kappa shape index (κ1) is 16.0. The van der Waals surface area contributed by atoms with Gasteiger partial charge in [0.05, 0.1) is 14.9 Å². The summed E-state index contributed by atoms with van der Waals surface area (Å²) < 4.78 is 16.7. The van der Waals surface area contributed by atoms with E-state index in [0.717, 1.165) is 5.56 Å². The van der Waals surface area contributed by atoms with Crippen LogP contribution in [-0.4, -0.2) is 10.1 Å². The van der Waals surface area contributed by atoms with Crippen molar-refractivity contribution in [1.82, 2.24) is 5.48 Å². The Bertz CT molecular complexity index is 689. The van der Waals surface area contributed by atoms with Gasteiger partial charge in [0.1, 0.15) is 0 Å². The lowest BCUT2D eigenvalue weighted by molar-refractivity contribution is 0.0785. The molecule has 0 radical (unpaired) electrons. The van der Waals surface area contributed by atoms with E-state index >= 15 is 0 Å². The van der Waals surface area contributed by atoms with Crippen molar-refractivity contribution >= 4 is 40.2 Å². The molecule has 1 amide bonds. The minimum Gasteiger partial charge on any atom is -0.267 e. The van der Waals surface area contributed by atoms with Crippen molar-refractivity contribution in [3.63, 3.8) is 0 Å². The fourth-order valence-electron chi connectivity index (χ4n) is 1.47. The van der Waals surface area contributed by atoms with Crippen LogP contribution >= 0.6 is 23.2 Å². The van der Waals surface area contributed by atoms with Crippen LogP contribution in [0, 0.1) is 6.92 Å². The highest BCUT2D eigenvalue weighted by molar-refractivity contribution is 7.80. The maximum absolute atomic E-state index is 11.9. The Morgan fingerprint density at radius 3 is 2.38 bits per heavy atom. The van der Waals surface area contributed by atoms with E-state index in [1.165, 1.54) is 18.2 Å². The predicted octanol–water partition coefficient (Wildman–Crippen LogP) is 3.69. The number of hydrogen-bond donors (Lipinski definition) is 1. The Labute approximate surface area is 134 Å².